The van der Waals surface area contributed by atoms with Crippen LogP contribution in [0.15, 0.2) is 67.6 Å². The Balaban J connectivity index is 0.000000162. The summed E-state index contributed by atoms with van der Waals surface area (Å²) in [7, 11) is 0. The van der Waals surface area contributed by atoms with E-state index >= 15 is 0 Å². The summed E-state index contributed by atoms with van der Waals surface area (Å²) < 4.78 is 4.00. The number of anilines is 1. The number of nitrogens with two attached hydrogens (primary N) is 1. The molecule has 0 amide bonds. The van der Waals surface area contributed by atoms with Crippen molar-refractivity contribution in [1.82, 2.24) is 18.8 Å². The van der Waals surface area contributed by atoms with Gasteiger partial charge in [0.2, 0.25) is 0 Å². The summed E-state index contributed by atoms with van der Waals surface area (Å²) >= 11 is 6.43. The topological polar surface area (TPSA) is 138 Å². The number of hydrogen-bond acceptors (Lipinski definition) is 7. The van der Waals surface area contributed by atoms with E-state index in [1.54, 1.807) is 24.4 Å². The summed E-state index contributed by atoms with van der Waals surface area (Å²) in [6, 6.07) is 6.85. The first kappa shape index (κ1) is 19.6. The van der Waals surface area contributed by atoms with Crippen molar-refractivity contribution in [3.05, 3.63) is 88.8 Å². The first-order valence-corrected chi connectivity index (χ1v) is 9.10. The van der Waals surface area contributed by atoms with Gasteiger partial charge >= 0.3 is 11.2 Å². The number of rotatable bonds is 1. The highest BCUT2D eigenvalue weighted by molar-refractivity contribution is 9.10. The molecule has 4 aromatic rings. The molecule has 10 nitrogen and oxygen atoms in total. The van der Waals surface area contributed by atoms with Crippen LogP contribution in [0, 0.1) is 10.1 Å². The monoisotopic (exact) mass is 508 g/mol. The number of halogens is 2. The summed E-state index contributed by atoms with van der Waals surface area (Å²) in [6.45, 7) is 0. The standard InChI is InChI=1S/C8H4BrN3O3.C8H6BrN3O/c9-5-1-2-7-10-3-6(12(14)15)8(13)11(7)4-5;9-5-1-2-7-11-3-6(10)8(13)12(7)4-5/h1-4H;1-4H,10H2. The van der Waals surface area contributed by atoms with Crippen LogP contribution in [-0.4, -0.2) is 23.7 Å². The van der Waals surface area contributed by atoms with Crippen molar-refractivity contribution in [1.29, 1.82) is 0 Å². The number of aromatic nitrogens is 4. The Hall–Kier alpha value is -3.12. The number of nitro groups is 1. The van der Waals surface area contributed by atoms with Gasteiger partial charge in [0.05, 0.1) is 11.1 Å². The Kier molecular flexibility index (Phi) is 5.51. The van der Waals surface area contributed by atoms with Crippen LogP contribution in [-0.2, 0) is 0 Å². The van der Waals surface area contributed by atoms with Gasteiger partial charge < -0.3 is 5.73 Å². The second kappa shape index (κ2) is 7.86. The van der Waals surface area contributed by atoms with E-state index in [1.807, 2.05) is 6.07 Å². The average molecular weight is 510 g/mol. The molecule has 0 aliphatic carbocycles. The number of fused-ring (bicyclic) bond motifs is 2. The quantitative estimate of drug-likeness (QED) is 0.307. The number of pyridine rings is 2. The fraction of sp³-hybridized carbons (Fsp3) is 0. The van der Waals surface area contributed by atoms with Gasteiger partial charge in [0.1, 0.15) is 23.2 Å². The normalized spacial score (nSPS) is 10.5. The third-order valence-electron chi connectivity index (χ3n) is 3.54. The molecule has 0 bridgehead atoms. The third-order valence-corrected chi connectivity index (χ3v) is 4.48. The van der Waals surface area contributed by atoms with E-state index in [4.69, 9.17) is 5.73 Å². The number of nitrogens with zero attached hydrogens (tertiary/aromatic N) is 5. The lowest BCUT2D eigenvalue weighted by Gasteiger charge is -2.00. The maximum absolute atomic E-state index is 11.6. The molecule has 28 heavy (non-hydrogen) atoms. The zero-order chi connectivity index (χ0) is 20.4. The van der Waals surface area contributed by atoms with E-state index in [-0.39, 0.29) is 11.2 Å². The van der Waals surface area contributed by atoms with Gasteiger partial charge in [0.15, 0.2) is 0 Å². The molecule has 0 aromatic carbocycles. The van der Waals surface area contributed by atoms with Gasteiger partial charge in [-0.25, -0.2) is 9.97 Å². The minimum atomic E-state index is -0.747. The maximum Gasteiger partial charge on any atom is 0.352 e. The first-order chi connectivity index (χ1) is 13.3. The summed E-state index contributed by atoms with van der Waals surface area (Å²) in [6.07, 6.45) is 5.41. The largest absolute Gasteiger partial charge is 0.393 e. The minimum Gasteiger partial charge on any atom is -0.393 e. The Morgan fingerprint density at radius 2 is 1.39 bits per heavy atom. The highest BCUT2D eigenvalue weighted by Gasteiger charge is 2.14. The van der Waals surface area contributed by atoms with Gasteiger partial charge in [-0.15, -0.1) is 0 Å². The van der Waals surface area contributed by atoms with Crippen LogP contribution < -0.4 is 16.9 Å². The van der Waals surface area contributed by atoms with E-state index in [1.165, 1.54) is 16.8 Å². The minimum absolute atomic E-state index is 0.149. The highest BCUT2D eigenvalue weighted by atomic mass is 79.9. The molecule has 0 saturated heterocycles. The van der Waals surface area contributed by atoms with Crippen molar-refractivity contribution < 1.29 is 4.92 Å². The molecule has 142 valence electrons. The Morgan fingerprint density at radius 3 is 1.93 bits per heavy atom. The molecule has 0 spiro atoms. The lowest BCUT2D eigenvalue weighted by Crippen LogP contribution is -2.17. The molecule has 0 unspecified atom stereocenters. The van der Waals surface area contributed by atoms with Gasteiger partial charge in [-0.3, -0.25) is 28.5 Å². The van der Waals surface area contributed by atoms with Crippen molar-refractivity contribution in [3.8, 4) is 0 Å². The van der Waals surface area contributed by atoms with Gasteiger partial charge in [0, 0.05) is 21.3 Å². The molecule has 0 fully saturated rings. The SMILES string of the molecule is Nc1cnc2ccc(Br)cn2c1=O.O=c1c([N+](=O)[O-])cnc2ccc(Br)cn12. The molecule has 4 heterocycles. The molecular weight excluding hydrogens is 500 g/mol. The van der Waals surface area contributed by atoms with Crippen molar-refractivity contribution in [2.24, 2.45) is 0 Å². The van der Waals surface area contributed by atoms with Crippen LogP contribution in [0.1, 0.15) is 0 Å². The highest BCUT2D eigenvalue weighted by Crippen LogP contribution is 2.11. The zero-order valence-corrected chi connectivity index (χ0v) is 17.0. The van der Waals surface area contributed by atoms with E-state index in [0.29, 0.717) is 15.8 Å². The molecule has 0 aliphatic heterocycles. The van der Waals surface area contributed by atoms with Crippen LogP contribution in [0.2, 0.25) is 0 Å². The summed E-state index contributed by atoms with van der Waals surface area (Å²) in [4.78, 5) is 40.6. The summed E-state index contributed by atoms with van der Waals surface area (Å²) in [5, 5.41) is 10.5. The van der Waals surface area contributed by atoms with Gasteiger partial charge in [-0.05, 0) is 56.1 Å². The average Bonchev–Trinajstić information content (AvgIpc) is 2.66. The molecule has 12 heteroatoms. The predicted octanol–water partition coefficient (Wildman–Crippen LogP) is 2.40. The zero-order valence-electron chi connectivity index (χ0n) is 13.8. The Bertz CT molecular complexity index is 1330. The first-order valence-electron chi connectivity index (χ1n) is 7.51. The Labute approximate surface area is 172 Å². The lowest BCUT2D eigenvalue weighted by atomic mass is 10.4. The van der Waals surface area contributed by atoms with E-state index in [0.717, 1.165) is 15.1 Å². The number of nitrogen functional groups attached to an aromatic ring is 1. The second-order valence-corrected chi connectivity index (χ2v) is 7.21. The maximum atomic E-state index is 11.6. The fourth-order valence-corrected chi connectivity index (χ4v) is 2.90. The Morgan fingerprint density at radius 1 is 0.893 bits per heavy atom. The molecular formula is C16H10Br2N6O4. The van der Waals surface area contributed by atoms with E-state index in [2.05, 4.69) is 41.8 Å². The summed E-state index contributed by atoms with van der Waals surface area (Å²) in [5.41, 5.74) is 5.06. The van der Waals surface area contributed by atoms with Crippen molar-refractivity contribution in [2.75, 3.05) is 5.73 Å². The molecule has 2 N–H and O–H groups in total. The second-order valence-electron chi connectivity index (χ2n) is 5.38. The molecule has 0 aliphatic rings. The van der Waals surface area contributed by atoms with Crippen LogP contribution in [0.3, 0.4) is 0 Å². The van der Waals surface area contributed by atoms with Gasteiger partial charge in [0.25, 0.3) is 5.56 Å². The van der Waals surface area contributed by atoms with Gasteiger partial charge in [-0.2, -0.15) is 0 Å². The molecule has 0 atom stereocenters. The van der Waals surface area contributed by atoms with E-state index in [9.17, 15) is 19.7 Å². The van der Waals surface area contributed by atoms with Crippen LogP contribution >= 0.6 is 31.9 Å². The summed E-state index contributed by atoms with van der Waals surface area (Å²) in [5.74, 6) is 0. The molecule has 4 rings (SSSR count). The molecule has 0 saturated carbocycles. The third kappa shape index (κ3) is 3.92. The van der Waals surface area contributed by atoms with Crippen LogP contribution in [0.25, 0.3) is 11.3 Å². The van der Waals surface area contributed by atoms with Gasteiger partial charge in [-0.1, -0.05) is 0 Å². The van der Waals surface area contributed by atoms with Crippen molar-refractivity contribution >= 4 is 54.5 Å². The lowest BCUT2D eigenvalue weighted by molar-refractivity contribution is -0.386. The smallest absolute Gasteiger partial charge is 0.352 e. The molecule has 0 radical (unpaired) electrons. The van der Waals surface area contributed by atoms with Crippen molar-refractivity contribution in [2.45, 2.75) is 0 Å². The number of hydrogen-bond donors (Lipinski definition) is 1. The van der Waals surface area contributed by atoms with Crippen LogP contribution in [0.4, 0.5) is 11.4 Å². The predicted molar refractivity (Wildman–Crippen MR) is 109 cm³/mol. The van der Waals surface area contributed by atoms with E-state index < -0.39 is 16.2 Å². The molecule has 4 aromatic heterocycles. The van der Waals surface area contributed by atoms with Crippen LogP contribution in [0.5, 0.6) is 0 Å². The van der Waals surface area contributed by atoms with Crippen molar-refractivity contribution in [3.63, 3.8) is 0 Å². The fourth-order valence-electron chi connectivity index (χ4n) is 2.23.